The summed E-state index contributed by atoms with van der Waals surface area (Å²) in [4.78, 5) is 11.4. The molecule has 1 amide bonds. The fourth-order valence-electron chi connectivity index (χ4n) is 1.47. The van der Waals surface area contributed by atoms with Crippen LogP contribution >= 0.6 is 15.9 Å². The minimum Gasteiger partial charge on any atom is -0.456 e. The summed E-state index contributed by atoms with van der Waals surface area (Å²) in [6.07, 6.45) is 0. The van der Waals surface area contributed by atoms with Crippen LogP contribution in [-0.2, 0) is 0 Å². The van der Waals surface area contributed by atoms with Crippen molar-refractivity contribution in [2.45, 2.75) is 0 Å². The zero-order chi connectivity index (χ0) is 13.0. The number of hydrogen-bond donors (Lipinski definition) is 1. The molecule has 0 saturated heterocycles. The fourth-order valence-corrected chi connectivity index (χ4v) is 1.84. The van der Waals surface area contributed by atoms with Crippen LogP contribution in [0.15, 0.2) is 53.0 Å². The molecule has 0 saturated carbocycles. The van der Waals surface area contributed by atoms with Gasteiger partial charge >= 0.3 is 0 Å². The number of halogens is 1. The highest BCUT2D eigenvalue weighted by Gasteiger charge is 2.04. The van der Waals surface area contributed by atoms with E-state index >= 15 is 0 Å². The molecule has 2 aromatic carbocycles. The summed E-state index contributed by atoms with van der Waals surface area (Å²) in [5.74, 6) is 1.32. The molecule has 0 bridgehead atoms. The Hall–Kier alpha value is -1.81. The van der Waals surface area contributed by atoms with Gasteiger partial charge in [-0.25, -0.2) is 0 Å². The minimum atomic E-state index is -0.109. The highest BCUT2D eigenvalue weighted by Crippen LogP contribution is 2.29. The van der Waals surface area contributed by atoms with E-state index in [1.54, 1.807) is 31.3 Å². The van der Waals surface area contributed by atoms with Crippen molar-refractivity contribution in [2.24, 2.45) is 0 Å². The summed E-state index contributed by atoms with van der Waals surface area (Å²) in [5.41, 5.74) is 0.608. The molecule has 0 atom stereocenters. The topological polar surface area (TPSA) is 38.3 Å². The summed E-state index contributed by atoms with van der Waals surface area (Å²) in [6.45, 7) is 0. The quantitative estimate of drug-likeness (QED) is 0.941. The first kappa shape index (κ1) is 12.6. The standard InChI is InChI=1S/C14H12BrNO2/c1-16-14(17)10-6-8-11(9-7-10)18-13-5-3-2-4-12(13)15/h2-9H,1H3,(H,16,17). The van der Waals surface area contributed by atoms with E-state index in [1.165, 1.54) is 0 Å². The lowest BCUT2D eigenvalue weighted by Gasteiger charge is -2.08. The summed E-state index contributed by atoms with van der Waals surface area (Å²) >= 11 is 3.41. The number of nitrogens with one attached hydrogen (secondary N) is 1. The first-order chi connectivity index (χ1) is 8.70. The second-order valence-corrected chi connectivity index (χ2v) is 4.49. The number of carbonyl (C=O) groups excluding carboxylic acids is 1. The monoisotopic (exact) mass is 305 g/mol. The summed E-state index contributed by atoms with van der Waals surface area (Å²) in [7, 11) is 1.60. The molecule has 0 aromatic heterocycles. The van der Waals surface area contributed by atoms with Crippen molar-refractivity contribution < 1.29 is 9.53 Å². The van der Waals surface area contributed by atoms with Gasteiger partial charge in [0.05, 0.1) is 4.47 Å². The van der Waals surface area contributed by atoms with Crippen LogP contribution in [0.25, 0.3) is 0 Å². The molecule has 0 aliphatic heterocycles. The van der Waals surface area contributed by atoms with E-state index in [0.29, 0.717) is 11.3 Å². The average molecular weight is 306 g/mol. The van der Waals surface area contributed by atoms with Gasteiger partial charge in [-0.1, -0.05) is 12.1 Å². The van der Waals surface area contributed by atoms with Crippen LogP contribution in [0.1, 0.15) is 10.4 Å². The molecule has 0 fully saturated rings. The highest BCUT2D eigenvalue weighted by atomic mass is 79.9. The van der Waals surface area contributed by atoms with Crippen LogP contribution < -0.4 is 10.1 Å². The number of rotatable bonds is 3. The van der Waals surface area contributed by atoms with Crippen LogP contribution in [-0.4, -0.2) is 13.0 Å². The number of ether oxygens (including phenoxy) is 1. The van der Waals surface area contributed by atoms with Gasteiger partial charge in [0.25, 0.3) is 5.91 Å². The normalized spacial score (nSPS) is 9.89. The Morgan fingerprint density at radius 2 is 1.78 bits per heavy atom. The van der Waals surface area contributed by atoms with Gasteiger partial charge in [-0.2, -0.15) is 0 Å². The van der Waals surface area contributed by atoms with Crippen LogP contribution in [0, 0.1) is 0 Å². The Morgan fingerprint density at radius 1 is 1.11 bits per heavy atom. The van der Waals surface area contributed by atoms with E-state index in [4.69, 9.17) is 4.74 Å². The fraction of sp³-hybridized carbons (Fsp3) is 0.0714. The van der Waals surface area contributed by atoms with E-state index < -0.39 is 0 Å². The van der Waals surface area contributed by atoms with Crippen LogP contribution in [0.5, 0.6) is 11.5 Å². The largest absolute Gasteiger partial charge is 0.456 e. The predicted molar refractivity (Wildman–Crippen MR) is 74.0 cm³/mol. The van der Waals surface area contributed by atoms with Gasteiger partial charge in [0.15, 0.2) is 0 Å². The molecular weight excluding hydrogens is 294 g/mol. The Balaban J connectivity index is 2.16. The second-order valence-electron chi connectivity index (χ2n) is 3.64. The molecule has 0 radical (unpaired) electrons. The van der Waals surface area contributed by atoms with E-state index in [9.17, 15) is 4.79 Å². The summed E-state index contributed by atoms with van der Waals surface area (Å²) < 4.78 is 6.59. The maximum absolute atomic E-state index is 11.4. The van der Waals surface area contributed by atoms with Crippen molar-refractivity contribution in [1.82, 2.24) is 5.32 Å². The average Bonchev–Trinajstić information content (AvgIpc) is 2.41. The molecule has 2 aromatic rings. The second kappa shape index (κ2) is 5.69. The minimum absolute atomic E-state index is 0.109. The summed E-state index contributed by atoms with van der Waals surface area (Å²) in [5, 5.41) is 2.57. The lowest BCUT2D eigenvalue weighted by Crippen LogP contribution is -2.17. The first-order valence-electron chi connectivity index (χ1n) is 5.45. The third kappa shape index (κ3) is 2.90. The number of para-hydroxylation sites is 1. The number of amides is 1. The molecule has 0 spiro atoms. The van der Waals surface area contributed by atoms with E-state index in [-0.39, 0.29) is 5.91 Å². The van der Waals surface area contributed by atoms with Crippen molar-refractivity contribution >= 4 is 21.8 Å². The molecule has 3 nitrogen and oxygen atoms in total. The molecule has 0 aliphatic rings. The molecule has 18 heavy (non-hydrogen) atoms. The molecule has 2 rings (SSSR count). The number of carbonyl (C=O) groups is 1. The molecule has 0 unspecified atom stereocenters. The van der Waals surface area contributed by atoms with Gasteiger partial charge < -0.3 is 10.1 Å². The van der Waals surface area contributed by atoms with Crippen molar-refractivity contribution in [2.75, 3.05) is 7.05 Å². The lowest BCUT2D eigenvalue weighted by molar-refractivity contribution is 0.0963. The third-order valence-corrected chi connectivity index (χ3v) is 3.06. The number of hydrogen-bond acceptors (Lipinski definition) is 2. The smallest absolute Gasteiger partial charge is 0.251 e. The Morgan fingerprint density at radius 3 is 2.39 bits per heavy atom. The maximum atomic E-state index is 11.4. The third-order valence-electron chi connectivity index (χ3n) is 2.41. The van der Waals surface area contributed by atoms with Gasteiger partial charge in [-0.15, -0.1) is 0 Å². The lowest BCUT2D eigenvalue weighted by atomic mass is 10.2. The maximum Gasteiger partial charge on any atom is 0.251 e. The van der Waals surface area contributed by atoms with E-state index in [0.717, 1.165) is 10.2 Å². The van der Waals surface area contributed by atoms with Gasteiger partial charge in [-0.3, -0.25) is 4.79 Å². The van der Waals surface area contributed by atoms with Crippen molar-refractivity contribution in [3.63, 3.8) is 0 Å². The van der Waals surface area contributed by atoms with Crippen LogP contribution in [0.2, 0.25) is 0 Å². The first-order valence-corrected chi connectivity index (χ1v) is 6.24. The number of benzene rings is 2. The van der Waals surface area contributed by atoms with Crippen molar-refractivity contribution in [3.8, 4) is 11.5 Å². The van der Waals surface area contributed by atoms with Crippen LogP contribution in [0.3, 0.4) is 0 Å². The van der Waals surface area contributed by atoms with Gasteiger partial charge in [0, 0.05) is 12.6 Å². The van der Waals surface area contributed by atoms with Crippen LogP contribution in [0.4, 0.5) is 0 Å². The van der Waals surface area contributed by atoms with Gasteiger partial charge in [-0.05, 0) is 52.3 Å². The molecule has 0 aliphatic carbocycles. The molecular formula is C14H12BrNO2. The molecule has 0 heterocycles. The zero-order valence-corrected chi connectivity index (χ0v) is 11.4. The molecule has 1 N–H and O–H groups in total. The Kier molecular flexibility index (Phi) is 3.99. The van der Waals surface area contributed by atoms with E-state index in [2.05, 4.69) is 21.2 Å². The zero-order valence-electron chi connectivity index (χ0n) is 9.81. The SMILES string of the molecule is CNC(=O)c1ccc(Oc2ccccc2Br)cc1. The van der Waals surface area contributed by atoms with Crippen molar-refractivity contribution in [1.29, 1.82) is 0 Å². The highest BCUT2D eigenvalue weighted by molar-refractivity contribution is 9.10. The Labute approximate surface area is 114 Å². The molecule has 4 heteroatoms. The van der Waals surface area contributed by atoms with Crippen molar-refractivity contribution in [3.05, 3.63) is 58.6 Å². The van der Waals surface area contributed by atoms with E-state index in [1.807, 2.05) is 24.3 Å². The Bertz CT molecular complexity index is 552. The summed E-state index contributed by atoms with van der Waals surface area (Å²) in [6, 6.07) is 14.6. The van der Waals surface area contributed by atoms with Gasteiger partial charge in [0.1, 0.15) is 11.5 Å². The van der Waals surface area contributed by atoms with Gasteiger partial charge in [0.2, 0.25) is 0 Å². The predicted octanol–water partition coefficient (Wildman–Crippen LogP) is 3.60. The molecule has 92 valence electrons.